The largest absolute Gasteiger partial charge is 0.507 e. The zero-order chi connectivity index (χ0) is 11.3. The Morgan fingerprint density at radius 1 is 1.47 bits per heavy atom. The van der Waals surface area contributed by atoms with Crippen molar-refractivity contribution in [2.24, 2.45) is 5.92 Å². The molecule has 0 fully saturated rings. The molecule has 1 atom stereocenters. The fourth-order valence-corrected chi connectivity index (χ4v) is 1.09. The Balaban J connectivity index is 2.58. The van der Waals surface area contributed by atoms with Gasteiger partial charge in [-0.15, -0.1) is 0 Å². The first kappa shape index (κ1) is 11.5. The normalized spacial score (nSPS) is 12.1. The SMILES string of the molecule is CC(CO)CNC(=O)c1ccccc1O. The molecule has 0 aliphatic heterocycles. The molecule has 0 aromatic heterocycles. The van der Waals surface area contributed by atoms with Crippen molar-refractivity contribution in [3.05, 3.63) is 29.8 Å². The molecule has 0 radical (unpaired) electrons. The number of carbonyl (C=O) groups is 1. The topological polar surface area (TPSA) is 69.6 Å². The van der Waals surface area contributed by atoms with Gasteiger partial charge in [-0.1, -0.05) is 19.1 Å². The third-order valence-corrected chi connectivity index (χ3v) is 2.07. The standard InChI is InChI=1S/C11H15NO3/c1-8(7-13)6-12-11(15)9-4-2-3-5-10(9)14/h2-5,8,13-14H,6-7H2,1H3,(H,12,15). The highest BCUT2D eigenvalue weighted by atomic mass is 16.3. The molecule has 3 N–H and O–H groups in total. The maximum atomic E-state index is 11.5. The predicted octanol–water partition coefficient (Wildman–Crippen LogP) is 0.750. The predicted molar refractivity (Wildman–Crippen MR) is 56.7 cm³/mol. The summed E-state index contributed by atoms with van der Waals surface area (Å²) in [6, 6.07) is 6.35. The van der Waals surface area contributed by atoms with Crippen LogP contribution in [0.1, 0.15) is 17.3 Å². The van der Waals surface area contributed by atoms with Gasteiger partial charge in [0, 0.05) is 13.2 Å². The number of phenolic OH excluding ortho intramolecular Hbond substituents is 1. The monoisotopic (exact) mass is 209 g/mol. The maximum Gasteiger partial charge on any atom is 0.255 e. The molecule has 1 aromatic rings. The lowest BCUT2D eigenvalue weighted by Crippen LogP contribution is -2.29. The van der Waals surface area contributed by atoms with Crippen LogP contribution in [0, 0.1) is 5.92 Å². The first-order valence-electron chi connectivity index (χ1n) is 4.82. The summed E-state index contributed by atoms with van der Waals surface area (Å²) in [6.07, 6.45) is 0. The Morgan fingerprint density at radius 3 is 2.73 bits per heavy atom. The van der Waals surface area contributed by atoms with E-state index in [1.54, 1.807) is 18.2 Å². The van der Waals surface area contributed by atoms with E-state index in [9.17, 15) is 9.90 Å². The van der Waals surface area contributed by atoms with Gasteiger partial charge in [0.25, 0.3) is 5.91 Å². The minimum atomic E-state index is -0.326. The fourth-order valence-electron chi connectivity index (χ4n) is 1.09. The number of phenols is 1. The van der Waals surface area contributed by atoms with Gasteiger partial charge >= 0.3 is 0 Å². The van der Waals surface area contributed by atoms with Crippen LogP contribution < -0.4 is 5.32 Å². The van der Waals surface area contributed by atoms with Crippen molar-refractivity contribution in [3.8, 4) is 5.75 Å². The van der Waals surface area contributed by atoms with Crippen LogP contribution in [0.4, 0.5) is 0 Å². The highest BCUT2D eigenvalue weighted by molar-refractivity contribution is 5.96. The Bertz CT molecular complexity index is 338. The van der Waals surface area contributed by atoms with Gasteiger partial charge in [0.05, 0.1) is 5.56 Å². The lowest BCUT2D eigenvalue weighted by molar-refractivity contribution is 0.0939. The van der Waals surface area contributed by atoms with Crippen LogP contribution >= 0.6 is 0 Å². The van der Waals surface area contributed by atoms with E-state index in [0.717, 1.165) is 0 Å². The molecule has 1 rings (SSSR count). The van der Waals surface area contributed by atoms with Crippen LogP contribution in [-0.2, 0) is 0 Å². The Labute approximate surface area is 88.6 Å². The summed E-state index contributed by atoms with van der Waals surface area (Å²) in [7, 11) is 0. The molecule has 0 aliphatic carbocycles. The highest BCUT2D eigenvalue weighted by Gasteiger charge is 2.10. The molecule has 1 amide bonds. The van der Waals surface area contributed by atoms with Gasteiger partial charge in [-0.05, 0) is 18.1 Å². The number of aromatic hydroxyl groups is 1. The summed E-state index contributed by atoms with van der Waals surface area (Å²) in [5, 5.41) is 20.8. The van der Waals surface area contributed by atoms with E-state index < -0.39 is 0 Å². The number of aliphatic hydroxyl groups is 1. The van der Waals surface area contributed by atoms with Crippen LogP contribution in [0.3, 0.4) is 0 Å². The third kappa shape index (κ3) is 3.25. The zero-order valence-corrected chi connectivity index (χ0v) is 8.60. The van der Waals surface area contributed by atoms with Gasteiger partial charge in [0.15, 0.2) is 0 Å². The number of hydrogen-bond donors (Lipinski definition) is 3. The number of aliphatic hydroxyl groups excluding tert-OH is 1. The number of amides is 1. The maximum absolute atomic E-state index is 11.5. The zero-order valence-electron chi connectivity index (χ0n) is 8.60. The molecule has 1 aromatic carbocycles. The minimum absolute atomic E-state index is 0.0137. The van der Waals surface area contributed by atoms with Crippen molar-refractivity contribution < 1.29 is 15.0 Å². The second kappa shape index (κ2) is 5.36. The molecule has 0 saturated heterocycles. The lowest BCUT2D eigenvalue weighted by Gasteiger charge is -2.10. The number of rotatable bonds is 4. The summed E-state index contributed by atoms with van der Waals surface area (Å²) in [6.45, 7) is 2.25. The van der Waals surface area contributed by atoms with Gasteiger partial charge < -0.3 is 15.5 Å². The van der Waals surface area contributed by atoms with E-state index in [1.807, 2.05) is 6.92 Å². The van der Waals surface area contributed by atoms with Crippen molar-refractivity contribution in [3.63, 3.8) is 0 Å². The molecule has 4 nitrogen and oxygen atoms in total. The molecule has 4 heteroatoms. The van der Waals surface area contributed by atoms with Gasteiger partial charge in [-0.2, -0.15) is 0 Å². The molecule has 1 unspecified atom stereocenters. The number of nitrogens with one attached hydrogen (secondary N) is 1. The molecule has 0 aliphatic rings. The minimum Gasteiger partial charge on any atom is -0.507 e. The van der Waals surface area contributed by atoms with Crippen molar-refractivity contribution in [1.82, 2.24) is 5.32 Å². The quantitative estimate of drug-likeness (QED) is 0.685. The van der Waals surface area contributed by atoms with E-state index in [4.69, 9.17) is 5.11 Å². The molecule has 0 saturated carbocycles. The summed E-state index contributed by atoms with van der Waals surface area (Å²) >= 11 is 0. The second-order valence-corrected chi connectivity index (χ2v) is 3.51. The van der Waals surface area contributed by atoms with E-state index in [0.29, 0.717) is 6.54 Å². The summed E-state index contributed by atoms with van der Waals surface area (Å²) in [4.78, 5) is 11.5. The smallest absolute Gasteiger partial charge is 0.255 e. The van der Waals surface area contributed by atoms with E-state index in [2.05, 4.69) is 5.32 Å². The Kier molecular flexibility index (Phi) is 4.12. The first-order chi connectivity index (χ1) is 7.15. The Morgan fingerprint density at radius 2 is 2.13 bits per heavy atom. The van der Waals surface area contributed by atoms with Crippen LogP contribution in [-0.4, -0.2) is 29.3 Å². The van der Waals surface area contributed by atoms with Crippen molar-refractivity contribution >= 4 is 5.91 Å². The molecule has 0 spiro atoms. The van der Waals surface area contributed by atoms with Crippen molar-refractivity contribution in [2.45, 2.75) is 6.92 Å². The molecule has 0 bridgehead atoms. The van der Waals surface area contributed by atoms with Gasteiger partial charge in [-0.3, -0.25) is 4.79 Å². The van der Waals surface area contributed by atoms with Gasteiger partial charge in [-0.25, -0.2) is 0 Å². The highest BCUT2D eigenvalue weighted by Crippen LogP contribution is 2.14. The molecular weight excluding hydrogens is 194 g/mol. The van der Waals surface area contributed by atoms with Gasteiger partial charge in [0.2, 0.25) is 0 Å². The van der Waals surface area contributed by atoms with E-state index in [-0.39, 0.29) is 29.7 Å². The molecule has 15 heavy (non-hydrogen) atoms. The number of para-hydroxylation sites is 1. The van der Waals surface area contributed by atoms with Crippen LogP contribution in [0.2, 0.25) is 0 Å². The van der Waals surface area contributed by atoms with Crippen LogP contribution in [0.5, 0.6) is 5.75 Å². The van der Waals surface area contributed by atoms with Crippen LogP contribution in [0.15, 0.2) is 24.3 Å². The average molecular weight is 209 g/mol. The fraction of sp³-hybridized carbons (Fsp3) is 0.364. The van der Waals surface area contributed by atoms with E-state index in [1.165, 1.54) is 6.07 Å². The molecule has 0 heterocycles. The molecular formula is C11H15NO3. The van der Waals surface area contributed by atoms with Gasteiger partial charge in [0.1, 0.15) is 5.75 Å². The molecule has 82 valence electrons. The average Bonchev–Trinajstić information content (AvgIpc) is 2.26. The second-order valence-electron chi connectivity index (χ2n) is 3.51. The van der Waals surface area contributed by atoms with Crippen molar-refractivity contribution in [2.75, 3.05) is 13.2 Å². The number of benzene rings is 1. The number of carbonyl (C=O) groups excluding carboxylic acids is 1. The lowest BCUT2D eigenvalue weighted by atomic mass is 10.1. The summed E-state index contributed by atoms with van der Waals surface area (Å²) in [5.41, 5.74) is 0.252. The number of hydrogen-bond acceptors (Lipinski definition) is 3. The first-order valence-corrected chi connectivity index (χ1v) is 4.82. The van der Waals surface area contributed by atoms with E-state index >= 15 is 0 Å². The Hall–Kier alpha value is -1.55. The summed E-state index contributed by atoms with van der Waals surface area (Å²) in [5.74, 6) is -0.347. The third-order valence-electron chi connectivity index (χ3n) is 2.07. The summed E-state index contributed by atoms with van der Waals surface area (Å²) < 4.78 is 0. The van der Waals surface area contributed by atoms with Crippen molar-refractivity contribution in [1.29, 1.82) is 0 Å². The van der Waals surface area contributed by atoms with Crippen LogP contribution in [0.25, 0.3) is 0 Å².